The molecule has 6 heteroatoms. The smallest absolute Gasteiger partial charge is 0.296 e. The Labute approximate surface area is 121 Å². The van der Waals surface area contributed by atoms with Gasteiger partial charge in [-0.05, 0) is 35.0 Å². The third kappa shape index (κ3) is 2.01. The number of hydrogen-bond donors (Lipinski definition) is 2. The standard InChI is InChI=1S/C14H8ClNO3S/c15-8-1-2-9-10(5-8)16-14(19)13(18)11(12(9)17)7-3-4-20-6-7/h1-6,17H,(H,16,18,19). The van der Waals surface area contributed by atoms with Crippen LogP contribution in [0.2, 0.25) is 5.02 Å². The molecule has 0 aliphatic rings. The SMILES string of the molecule is O=c1[nH]c2cc(Cl)ccc2c(O)c(-c2ccsc2)c1=O. The van der Waals surface area contributed by atoms with E-state index in [1.54, 1.807) is 29.0 Å². The lowest BCUT2D eigenvalue weighted by atomic mass is 10.1. The maximum atomic E-state index is 12.1. The number of fused-ring (bicyclic) bond motifs is 1. The zero-order chi connectivity index (χ0) is 14.3. The summed E-state index contributed by atoms with van der Waals surface area (Å²) in [7, 11) is 0. The molecule has 1 aromatic carbocycles. The minimum atomic E-state index is -0.793. The Morgan fingerprint density at radius 1 is 1.20 bits per heavy atom. The predicted octanol–water partition coefficient (Wildman–Crippen LogP) is 2.98. The molecule has 0 saturated heterocycles. The second-order valence-corrected chi connectivity index (χ2v) is 5.43. The van der Waals surface area contributed by atoms with Gasteiger partial charge in [0.1, 0.15) is 5.75 Å². The lowest BCUT2D eigenvalue weighted by Gasteiger charge is -2.00. The van der Waals surface area contributed by atoms with Crippen LogP contribution in [0.5, 0.6) is 5.75 Å². The highest BCUT2D eigenvalue weighted by Crippen LogP contribution is 2.32. The number of halogens is 1. The number of hydrogen-bond acceptors (Lipinski definition) is 4. The van der Waals surface area contributed by atoms with Gasteiger partial charge in [-0.15, -0.1) is 0 Å². The van der Waals surface area contributed by atoms with Gasteiger partial charge < -0.3 is 10.1 Å². The fourth-order valence-electron chi connectivity index (χ4n) is 2.04. The molecule has 2 heterocycles. The number of aromatic hydroxyl groups is 1. The summed E-state index contributed by atoms with van der Waals surface area (Å²) < 4.78 is 0. The van der Waals surface area contributed by atoms with Crippen LogP contribution in [0.3, 0.4) is 0 Å². The summed E-state index contributed by atoms with van der Waals surface area (Å²) in [6.45, 7) is 0. The van der Waals surface area contributed by atoms with E-state index in [0.717, 1.165) is 0 Å². The van der Waals surface area contributed by atoms with Crippen LogP contribution >= 0.6 is 22.9 Å². The summed E-state index contributed by atoms with van der Waals surface area (Å²) in [6.07, 6.45) is 0. The Kier molecular flexibility index (Phi) is 3.08. The summed E-state index contributed by atoms with van der Waals surface area (Å²) in [4.78, 5) is 26.5. The van der Waals surface area contributed by atoms with Gasteiger partial charge in [-0.3, -0.25) is 9.59 Å². The molecule has 2 N–H and O–H groups in total. The number of nitrogens with one attached hydrogen (secondary N) is 1. The quantitative estimate of drug-likeness (QED) is 0.679. The van der Waals surface area contributed by atoms with Crippen molar-refractivity contribution in [3.63, 3.8) is 0 Å². The Balaban J connectivity index is 2.58. The van der Waals surface area contributed by atoms with Crippen molar-refractivity contribution in [1.29, 1.82) is 0 Å². The molecule has 0 amide bonds. The first-order valence-electron chi connectivity index (χ1n) is 5.69. The zero-order valence-corrected chi connectivity index (χ0v) is 11.6. The van der Waals surface area contributed by atoms with Gasteiger partial charge in [0.2, 0.25) is 0 Å². The average Bonchev–Trinajstić information content (AvgIpc) is 2.89. The van der Waals surface area contributed by atoms with E-state index in [0.29, 0.717) is 21.5 Å². The maximum Gasteiger partial charge on any atom is 0.296 e. The number of thiophene rings is 1. The lowest BCUT2D eigenvalue weighted by molar-refractivity contribution is 0.483. The minimum Gasteiger partial charge on any atom is -0.506 e. The van der Waals surface area contributed by atoms with Gasteiger partial charge in [-0.2, -0.15) is 11.3 Å². The Morgan fingerprint density at radius 2 is 2.00 bits per heavy atom. The van der Waals surface area contributed by atoms with E-state index in [1.807, 2.05) is 0 Å². The van der Waals surface area contributed by atoms with E-state index in [2.05, 4.69) is 4.98 Å². The van der Waals surface area contributed by atoms with Crippen molar-refractivity contribution in [2.24, 2.45) is 0 Å². The molecule has 0 fully saturated rings. The van der Waals surface area contributed by atoms with Crippen LogP contribution in [0.4, 0.5) is 0 Å². The summed E-state index contributed by atoms with van der Waals surface area (Å²) in [6, 6.07) is 6.33. The van der Waals surface area contributed by atoms with Crippen molar-refractivity contribution in [3.05, 3.63) is 60.6 Å². The second kappa shape index (κ2) is 4.77. The molecular weight excluding hydrogens is 298 g/mol. The summed E-state index contributed by atoms with van der Waals surface area (Å²) in [5, 5.41) is 14.6. The van der Waals surface area contributed by atoms with Crippen molar-refractivity contribution in [2.45, 2.75) is 0 Å². The van der Waals surface area contributed by atoms with Crippen LogP contribution in [0.25, 0.3) is 22.0 Å². The lowest BCUT2D eigenvalue weighted by Crippen LogP contribution is -2.24. The summed E-state index contributed by atoms with van der Waals surface area (Å²) in [5.74, 6) is -0.224. The van der Waals surface area contributed by atoms with Crippen molar-refractivity contribution < 1.29 is 5.11 Å². The molecular formula is C14H8ClNO3S. The molecule has 0 radical (unpaired) electrons. The number of H-pyrrole nitrogens is 1. The first-order valence-corrected chi connectivity index (χ1v) is 7.01. The van der Waals surface area contributed by atoms with Crippen molar-refractivity contribution in [3.8, 4) is 16.9 Å². The number of aromatic nitrogens is 1. The van der Waals surface area contributed by atoms with Gasteiger partial charge in [0.25, 0.3) is 11.0 Å². The van der Waals surface area contributed by atoms with Crippen molar-refractivity contribution in [2.75, 3.05) is 0 Å². The molecule has 0 aliphatic carbocycles. The van der Waals surface area contributed by atoms with E-state index in [-0.39, 0.29) is 11.3 Å². The van der Waals surface area contributed by atoms with Gasteiger partial charge in [-0.1, -0.05) is 11.6 Å². The zero-order valence-electron chi connectivity index (χ0n) is 10.0. The highest BCUT2D eigenvalue weighted by atomic mass is 35.5. The van der Waals surface area contributed by atoms with E-state index in [4.69, 9.17) is 11.6 Å². The second-order valence-electron chi connectivity index (χ2n) is 4.21. The minimum absolute atomic E-state index is 0.00447. The summed E-state index contributed by atoms with van der Waals surface area (Å²) >= 11 is 7.24. The van der Waals surface area contributed by atoms with E-state index in [1.165, 1.54) is 17.4 Å². The normalized spacial score (nSPS) is 10.8. The van der Waals surface area contributed by atoms with E-state index >= 15 is 0 Å². The Hall–Kier alpha value is -2.11. The third-order valence-corrected chi connectivity index (χ3v) is 3.88. The van der Waals surface area contributed by atoms with Crippen LogP contribution < -0.4 is 11.0 Å². The van der Waals surface area contributed by atoms with E-state index < -0.39 is 11.0 Å². The molecule has 20 heavy (non-hydrogen) atoms. The molecule has 3 rings (SSSR count). The van der Waals surface area contributed by atoms with Crippen molar-refractivity contribution >= 4 is 33.8 Å². The van der Waals surface area contributed by atoms with Gasteiger partial charge in [0.05, 0.1) is 11.1 Å². The highest BCUT2D eigenvalue weighted by molar-refractivity contribution is 7.08. The van der Waals surface area contributed by atoms with Crippen LogP contribution in [0.15, 0.2) is 44.6 Å². The fourth-order valence-corrected chi connectivity index (χ4v) is 2.85. The number of rotatable bonds is 1. The molecule has 0 unspecified atom stereocenters. The highest BCUT2D eigenvalue weighted by Gasteiger charge is 2.14. The van der Waals surface area contributed by atoms with Crippen LogP contribution in [0, 0.1) is 0 Å². The Bertz CT molecular complexity index is 916. The fraction of sp³-hybridized carbons (Fsp3) is 0. The van der Waals surface area contributed by atoms with Gasteiger partial charge in [-0.25, -0.2) is 0 Å². The Morgan fingerprint density at radius 3 is 2.70 bits per heavy atom. The molecule has 0 bridgehead atoms. The molecule has 0 atom stereocenters. The molecule has 0 saturated carbocycles. The van der Waals surface area contributed by atoms with Crippen LogP contribution in [0.1, 0.15) is 0 Å². The van der Waals surface area contributed by atoms with Crippen molar-refractivity contribution in [1.82, 2.24) is 4.98 Å². The molecule has 0 spiro atoms. The van der Waals surface area contributed by atoms with Gasteiger partial charge in [0, 0.05) is 16.0 Å². The average molecular weight is 306 g/mol. The van der Waals surface area contributed by atoms with E-state index in [9.17, 15) is 14.7 Å². The molecule has 0 aliphatic heterocycles. The molecule has 4 nitrogen and oxygen atoms in total. The molecule has 2 aromatic heterocycles. The van der Waals surface area contributed by atoms with Crippen LogP contribution in [-0.2, 0) is 0 Å². The maximum absolute atomic E-state index is 12.1. The predicted molar refractivity (Wildman–Crippen MR) is 80.8 cm³/mol. The molecule has 100 valence electrons. The van der Waals surface area contributed by atoms with Gasteiger partial charge in [0.15, 0.2) is 0 Å². The number of aromatic amines is 1. The van der Waals surface area contributed by atoms with Crippen LogP contribution in [-0.4, -0.2) is 10.1 Å². The third-order valence-electron chi connectivity index (χ3n) is 2.96. The monoisotopic (exact) mass is 305 g/mol. The molecule has 3 aromatic rings. The topological polar surface area (TPSA) is 70.2 Å². The summed E-state index contributed by atoms with van der Waals surface area (Å²) in [5.41, 5.74) is -0.717. The largest absolute Gasteiger partial charge is 0.506 e. The first-order chi connectivity index (χ1) is 9.58. The van der Waals surface area contributed by atoms with Gasteiger partial charge >= 0.3 is 0 Å². The number of benzene rings is 1. The first kappa shape index (κ1) is 12.9.